The molecule has 0 aromatic heterocycles. The topological polar surface area (TPSA) is 49.3 Å². The van der Waals surface area contributed by atoms with E-state index in [2.05, 4.69) is 35.6 Å². The molecule has 3 rings (SSSR count). The van der Waals surface area contributed by atoms with Crippen LogP contribution in [0.2, 0.25) is 0 Å². The van der Waals surface area contributed by atoms with Gasteiger partial charge in [-0.05, 0) is 29.3 Å². The first-order valence-electron chi connectivity index (χ1n) is 6.34. The molecule has 0 bridgehead atoms. The molecule has 2 aromatic rings. The zero-order valence-electron chi connectivity index (χ0n) is 10.4. The molecule has 4 heteroatoms. The highest BCUT2D eigenvalue weighted by Gasteiger charge is 2.29. The first-order chi connectivity index (χ1) is 9.22. The summed E-state index contributed by atoms with van der Waals surface area (Å²) in [6.45, 7) is 0.758. The predicted octanol–water partition coefficient (Wildman–Crippen LogP) is 2.75. The smallest absolute Gasteiger partial charge is 0.320 e. The van der Waals surface area contributed by atoms with Crippen molar-refractivity contribution in [2.24, 2.45) is 0 Å². The van der Waals surface area contributed by atoms with Gasteiger partial charge in [-0.3, -0.25) is 4.79 Å². The molecule has 0 spiro atoms. The van der Waals surface area contributed by atoms with Gasteiger partial charge in [-0.2, -0.15) is 0 Å². The molecule has 19 heavy (non-hydrogen) atoms. The molecule has 1 unspecified atom stereocenters. The molecule has 1 aliphatic heterocycles. The Hall–Kier alpha value is -1.52. The molecule has 1 fully saturated rings. The Labute approximate surface area is 116 Å². The van der Waals surface area contributed by atoms with E-state index < -0.39 is 12.0 Å². The van der Waals surface area contributed by atoms with Crippen molar-refractivity contribution in [3.8, 4) is 0 Å². The number of hydrogen-bond acceptors (Lipinski definition) is 3. The fourth-order valence-electron chi connectivity index (χ4n) is 2.41. The number of thioether (sulfide) groups is 1. The number of nitrogens with one attached hydrogen (secondary N) is 1. The maximum Gasteiger partial charge on any atom is 0.320 e. The summed E-state index contributed by atoms with van der Waals surface area (Å²) in [6.07, 6.45) is 0.687. The van der Waals surface area contributed by atoms with E-state index in [1.165, 1.54) is 15.7 Å². The van der Waals surface area contributed by atoms with E-state index in [0.29, 0.717) is 11.7 Å². The molecule has 3 nitrogen and oxygen atoms in total. The molecule has 0 aliphatic carbocycles. The van der Waals surface area contributed by atoms with E-state index in [4.69, 9.17) is 5.11 Å². The zero-order valence-corrected chi connectivity index (χ0v) is 11.2. The Balaban J connectivity index is 1.73. The second kappa shape index (κ2) is 5.23. The van der Waals surface area contributed by atoms with Crippen molar-refractivity contribution in [1.29, 1.82) is 0 Å². The average molecular weight is 273 g/mol. The van der Waals surface area contributed by atoms with E-state index in [1.807, 2.05) is 12.1 Å². The second-order valence-electron chi connectivity index (χ2n) is 4.78. The molecule has 1 aliphatic rings. The maximum atomic E-state index is 10.9. The van der Waals surface area contributed by atoms with Gasteiger partial charge in [0.1, 0.15) is 6.04 Å². The second-order valence-corrected chi connectivity index (χ2v) is 6.16. The van der Waals surface area contributed by atoms with Crippen molar-refractivity contribution in [3.05, 3.63) is 42.5 Å². The molecule has 2 atom stereocenters. The van der Waals surface area contributed by atoms with E-state index in [1.54, 1.807) is 11.8 Å². The van der Waals surface area contributed by atoms with Gasteiger partial charge in [0, 0.05) is 16.7 Å². The summed E-state index contributed by atoms with van der Waals surface area (Å²) < 4.78 is 0. The molecule has 98 valence electrons. The van der Waals surface area contributed by atoms with Crippen molar-refractivity contribution in [3.63, 3.8) is 0 Å². The monoisotopic (exact) mass is 273 g/mol. The summed E-state index contributed by atoms with van der Waals surface area (Å²) in [7, 11) is 0. The third kappa shape index (κ3) is 2.74. The first kappa shape index (κ1) is 12.5. The molecular formula is C15H15NO2S. The lowest BCUT2D eigenvalue weighted by atomic mass is 10.1. The minimum atomic E-state index is -0.749. The summed E-state index contributed by atoms with van der Waals surface area (Å²) in [5.41, 5.74) is 0. The third-order valence-corrected chi connectivity index (χ3v) is 4.63. The Morgan fingerprint density at radius 2 is 2.00 bits per heavy atom. The Morgan fingerprint density at radius 3 is 2.74 bits per heavy atom. The number of carboxylic acid groups (broad SMARTS) is 1. The van der Waals surface area contributed by atoms with Crippen LogP contribution >= 0.6 is 11.8 Å². The van der Waals surface area contributed by atoms with Crippen LogP contribution in [0.1, 0.15) is 6.42 Å². The molecule has 0 amide bonds. The standard InChI is InChI=1S/C15H15NO2S/c17-15(18)14-8-13(9-16-14)19-12-6-5-10-3-1-2-4-11(10)7-12/h1-7,13-14,16H,8-9H2,(H,17,18)/t13?,14-/m0/s1. The number of rotatable bonds is 3. The highest BCUT2D eigenvalue weighted by Crippen LogP contribution is 2.31. The lowest BCUT2D eigenvalue weighted by Crippen LogP contribution is -2.29. The van der Waals surface area contributed by atoms with Crippen LogP contribution in [0.15, 0.2) is 47.4 Å². The quantitative estimate of drug-likeness (QED) is 0.903. The Bertz CT molecular complexity index is 614. The maximum absolute atomic E-state index is 10.9. The molecular weight excluding hydrogens is 258 g/mol. The molecule has 1 saturated heterocycles. The van der Waals surface area contributed by atoms with Crippen LogP contribution in [0, 0.1) is 0 Å². The minimum absolute atomic E-state index is 0.335. The van der Waals surface area contributed by atoms with Gasteiger partial charge in [0.05, 0.1) is 0 Å². The molecule has 2 N–H and O–H groups in total. The molecule has 2 aromatic carbocycles. The van der Waals surface area contributed by atoms with Crippen LogP contribution in [0.3, 0.4) is 0 Å². The van der Waals surface area contributed by atoms with Gasteiger partial charge in [-0.15, -0.1) is 11.8 Å². The summed E-state index contributed by atoms with van der Waals surface area (Å²) in [5, 5.41) is 14.8. The van der Waals surface area contributed by atoms with Gasteiger partial charge < -0.3 is 10.4 Å². The van der Waals surface area contributed by atoms with Gasteiger partial charge in [-0.1, -0.05) is 30.3 Å². The van der Waals surface area contributed by atoms with Crippen molar-refractivity contribution < 1.29 is 9.90 Å². The Kier molecular flexibility index (Phi) is 3.44. The largest absolute Gasteiger partial charge is 0.480 e. The van der Waals surface area contributed by atoms with Gasteiger partial charge in [0.15, 0.2) is 0 Å². The average Bonchev–Trinajstić information content (AvgIpc) is 2.87. The number of fused-ring (bicyclic) bond motifs is 1. The Morgan fingerprint density at radius 1 is 1.21 bits per heavy atom. The van der Waals surface area contributed by atoms with Gasteiger partial charge >= 0.3 is 5.97 Å². The molecule has 0 radical (unpaired) electrons. The number of carbonyl (C=O) groups is 1. The fraction of sp³-hybridized carbons (Fsp3) is 0.267. The number of hydrogen-bond donors (Lipinski definition) is 2. The van der Waals surface area contributed by atoms with Crippen molar-refractivity contribution in [2.75, 3.05) is 6.54 Å². The van der Waals surface area contributed by atoms with Gasteiger partial charge in [-0.25, -0.2) is 0 Å². The van der Waals surface area contributed by atoms with Crippen LogP contribution < -0.4 is 5.32 Å². The summed E-state index contributed by atoms with van der Waals surface area (Å²) in [6, 6.07) is 14.3. The lowest BCUT2D eigenvalue weighted by Gasteiger charge is -2.09. The number of aliphatic carboxylic acids is 1. The molecule has 0 saturated carbocycles. The van der Waals surface area contributed by atoms with E-state index in [-0.39, 0.29) is 0 Å². The SMILES string of the molecule is O=C(O)[C@@H]1CC(Sc2ccc3ccccc3c2)CN1. The van der Waals surface area contributed by atoms with Crippen LogP contribution in [0.25, 0.3) is 10.8 Å². The zero-order chi connectivity index (χ0) is 13.2. The normalized spacial score (nSPS) is 22.7. The van der Waals surface area contributed by atoms with Crippen LogP contribution in [0.4, 0.5) is 0 Å². The summed E-state index contributed by atoms with van der Waals surface area (Å²) in [4.78, 5) is 12.1. The van der Waals surface area contributed by atoms with Crippen molar-refractivity contribution in [2.45, 2.75) is 22.6 Å². The van der Waals surface area contributed by atoms with E-state index in [9.17, 15) is 4.79 Å². The van der Waals surface area contributed by atoms with Crippen molar-refractivity contribution in [1.82, 2.24) is 5.32 Å². The minimum Gasteiger partial charge on any atom is -0.480 e. The predicted molar refractivity (Wildman–Crippen MR) is 77.6 cm³/mol. The van der Waals surface area contributed by atoms with Gasteiger partial charge in [0.25, 0.3) is 0 Å². The number of benzene rings is 2. The van der Waals surface area contributed by atoms with E-state index in [0.717, 1.165) is 6.54 Å². The van der Waals surface area contributed by atoms with Gasteiger partial charge in [0.2, 0.25) is 0 Å². The summed E-state index contributed by atoms with van der Waals surface area (Å²) >= 11 is 1.76. The lowest BCUT2D eigenvalue weighted by molar-refractivity contribution is -0.139. The van der Waals surface area contributed by atoms with Crippen LogP contribution in [0.5, 0.6) is 0 Å². The highest BCUT2D eigenvalue weighted by atomic mass is 32.2. The van der Waals surface area contributed by atoms with Crippen molar-refractivity contribution >= 4 is 28.5 Å². The fourth-order valence-corrected chi connectivity index (χ4v) is 3.61. The molecule has 1 heterocycles. The van der Waals surface area contributed by atoms with Crippen LogP contribution in [-0.4, -0.2) is 28.9 Å². The number of carboxylic acids is 1. The van der Waals surface area contributed by atoms with Crippen LogP contribution in [-0.2, 0) is 4.79 Å². The van der Waals surface area contributed by atoms with E-state index >= 15 is 0 Å². The summed E-state index contributed by atoms with van der Waals surface area (Å²) in [5.74, 6) is -0.749. The third-order valence-electron chi connectivity index (χ3n) is 3.41. The highest BCUT2D eigenvalue weighted by molar-refractivity contribution is 8.00. The first-order valence-corrected chi connectivity index (χ1v) is 7.22.